The summed E-state index contributed by atoms with van der Waals surface area (Å²) < 4.78 is 89.9. The Morgan fingerprint density at radius 1 is 0.452 bits per heavy atom. The van der Waals surface area contributed by atoms with Crippen LogP contribution in [0, 0.1) is 0 Å². The highest BCUT2D eigenvalue weighted by Crippen LogP contribution is 2.32. The summed E-state index contributed by atoms with van der Waals surface area (Å²) in [6, 6.07) is -3.07. The molecule has 73 heavy (non-hydrogen) atoms. The molecule has 0 fully saturated rings. The summed E-state index contributed by atoms with van der Waals surface area (Å²) in [6.07, 6.45) is 4.20. The molecule has 0 saturated heterocycles. The summed E-state index contributed by atoms with van der Waals surface area (Å²) in [5.41, 5.74) is -5.15. The zero-order valence-corrected chi connectivity index (χ0v) is 42.7. The van der Waals surface area contributed by atoms with Gasteiger partial charge in [0.05, 0.1) is 50.4 Å². The van der Waals surface area contributed by atoms with E-state index < -0.39 is 111 Å². The second kappa shape index (κ2) is 29.7. The van der Waals surface area contributed by atoms with Gasteiger partial charge in [0.25, 0.3) is 20.0 Å². The smallest absolute Gasteiger partial charge is 0.330 e. The van der Waals surface area contributed by atoms with Crippen LogP contribution in [0.2, 0.25) is 5.02 Å². The van der Waals surface area contributed by atoms with Gasteiger partial charge in [0.15, 0.2) is 0 Å². The molecule has 6 N–H and O–H groups in total. The molecule has 0 aliphatic carbocycles. The number of urea groups is 3. The Bertz CT molecular complexity index is 2450. The summed E-state index contributed by atoms with van der Waals surface area (Å²) in [6.45, 7) is 21.9. The molecular weight excluding hydrogens is 1030 g/mol. The van der Waals surface area contributed by atoms with Crippen LogP contribution in [0.4, 0.5) is 20.1 Å². The number of carbonyl (C=O) groups is 9. The third kappa shape index (κ3) is 23.5. The first kappa shape index (κ1) is 63.5. The first-order valence-corrected chi connectivity index (χ1v) is 24.8. The molecule has 0 aliphatic heterocycles. The Morgan fingerprint density at radius 2 is 0.699 bits per heavy atom. The molecule has 0 aliphatic rings. The third-order valence-electron chi connectivity index (χ3n) is 9.95. The molecule has 6 amide bonds. The highest BCUT2D eigenvalue weighted by molar-refractivity contribution is 7.91. The second-order valence-electron chi connectivity index (χ2n) is 15.9. The van der Waals surface area contributed by atoms with E-state index in [2.05, 4.69) is 60.7 Å². The van der Waals surface area contributed by atoms with Crippen LogP contribution in [-0.4, -0.2) is 127 Å². The Balaban J connectivity index is 3.89. The van der Waals surface area contributed by atoms with Crippen LogP contribution < -0.4 is 30.7 Å². The molecule has 25 nitrogen and oxygen atoms in total. The van der Waals surface area contributed by atoms with Crippen LogP contribution in [0.15, 0.2) is 97.9 Å². The standard InChI is InChI=1S/C45H59ClN6O19S2/c1-10-34(53)66-22-16-43(7,17-23-67-35(54)11-2)48-40(59)47-31-28-30(46)32(72(62,63)51-41(60)49-44(8,18-24-68-36(55)12-3)19-25-69-37(56)13-4)29-33(31)73(64,65)52-42(61)50-45(9,20-26-70-38(57)14-5)21-27-71-39(58)15-6/h10-15,28-29H,1-6,16-27H2,7-9H3,(H2,47,48,59)(H2,49,51,60)(H2,50,52,61). The number of halogens is 1. The Kier molecular flexibility index (Phi) is 25.9. The van der Waals surface area contributed by atoms with E-state index in [9.17, 15) is 60.0 Å². The second-order valence-corrected chi connectivity index (χ2v) is 19.6. The number of sulfonamides is 2. The van der Waals surface area contributed by atoms with Crippen molar-refractivity contribution in [1.29, 1.82) is 0 Å². The largest absolute Gasteiger partial charge is 0.462 e. The minimum Gasteiger partial charge on any atom is -0.462 e. The summed E-state index contributed by atoms with van der Waals surface area (Å²) in [5, 5.41) is 8.74. The number of nitrogens with one attached hydrogen (secondary N) is 6. The lowest BCUT2D eigenvalue weighted by molar-refractivity contribution is -0.140. The molecule has 402 valence electrons. The van der Waals surface area contributed by atoms with Crippen molar-refractivity contribution >= 4 is 91.2 Å². The number of ether oxygens (including phenoxy) is 6. The van der Waals surface area contributed by atoms with Crippen molar-refractivity contribution in [2.24, 2.45) is 0 Å². The average molecular weight is 1090 g/mol. The van der Waals surface area contributed by atoms with E-state index in [0.717, 1.165) is 36.5 Å². The van der Waals surface area contributed by atoms with Crippen molar-refractivity contribution < 1.29 is 88.4 Å². The number of anilines is 1. The maximum atomic E-state index is 14.3. The molecule has 0 saturated carbocycles. The highest BCUT2D eigenvalue weighted by atomic mass is 35.5. The maximum absolute atomic E-state index is 14.3. The van der Waals surface area contributed by atoms with Crippen LogP contribution in [0.5, 0.6) is 0 Å². The molecule has 0 atom stereocenters. The van der Waals surface area contributed by atoms with E-state index in [1.165, 1.54) is 20.8 Å². The topological polar surface area (TPSA) is 349 Å². The van der Waals surface area contributed by atoms with Crippen molar-refractivity contribution in [2.75, 3.05) is 45.0 Å². The first-order chi connectivity index (χ1) is 34.0. The molecule has 0 heterocycles. The number of esters is 6. The average Bonchev–Trinajstić information content (AvgIpc) is 3.30. The van der Waals surface area contributed by atoms with Crippen molar-refractivity contribution in [2.45, 2.75) is 85.7 Å². The van der Waals surface area contributed by atoms with Gasteiger partial charge in [-0.2, -0.15) is 0 Å². The molecule has 28 heteroatoms. The first-order valence-electron chi connectivity index (χ1n) is 21.4. The summed E-state index contributed by atoms with van der Waals surface area (Å²) in [5.74, 6) is -4.95. The zero-order valence-electron chi connectivity index (χ0n) is 40.3. The van der Waals surface area contributed by atoms with Gasteiger partial charge in [-0.1, -0.05) is 51.1 Å². The van der Waals surface area contributed by atoms with Crippen LogP contribution in [-0.2, 0) is 77.2 Å². The summed E-state index contributed by atoms with van der Waals surface area (Å²) >= 11 is 6.44. The fraction of sp³-hybridized carbons (Fsp3) is 0.400. The third-order valence-corrected chi connectivity index (χ3v) is 13.1. The monoisotopic (exact) mass is 1090 g/mol. The number of carbonyl (C=O) groups excluding carboxylic acids is 9. The zero-order chi connectivity index (χ0) is 55.6. The molecular formula is C45H59ClN6O19S2. The van der Waals surface area contributed by atoms with Crippen LogP contribution in [0.25, 0.3) is 0 Å². The number of rotatable bonds is 32. The summed E-state index contributed by atoms with van der Waals surface area (Å²) in [4.78, 5) is 109. The fourth-order valence-electron chi connectivity index (χ4n) is 5.81. The van der Waals surface area contributed by atoms with E-state index >= 15 is 0 Å². The van der Waals surface area contributed by atoms with Crippen molar-refractivity contribution in [3.63, 3.8) is 0 Å². The van der Waals surface area contributed by atoms with Crippen LogP contribution in [0.3, 0.4) is 0 Å². The molecule has 1 aromatic carbocycles. The van der Waals surface area contributed by atoms with E-state index in [1.54, 1.807) is 9.44 Å². The van der Waals surface area contributed by atoms with Gasteiger partial charge < -0.3 is 49.7 Å². The van der Waals surface area contributed by atoms with Gasteiger partial charge in [0.2, 0.25) is 0 Å². The quantitative estimate of drug-likeness (QED) is 0.0342. The van der Waals surface area contributed by atoms with Gasteiger partial charge >= 0.3 is 53.9 Å². The lowest BCUT2D eigenvalue weighted by Crippen LogP contribution is -2.53. The van der Waals surface area contributed by atoms with Crippen molar-refractivity contribution in [1.82, 2.24) is 25.4 Å². The van der Waals surface area contributed by atoms with Crippen LogP contribution in [0.1, 0.15) is 59.3 Å². The van der Waals surface area contributed by atoms with E-state index in [1.807, 2.05) is 0 Å². The number of hydrogen-bond acceptors (Lipinski definition) is 19. The minimum absolute atomic E-state index is 0.137. The Hall–Kier alpha value is -7.52. The predicted octanol–water partition coefficient (Wildman–Crippen LogP) is 3.43. The maximum Gasteiger partial charge on any atom is 0.330 e. The van der Waals surface area contributed by atoms with E-state index in [-0.39, 0.29) is 78.2 Å². The van der Waals surface area contributed by atoms with E-state index in [4.69, 9.17) is 40.0 Å². The normalized spacial score (nSPS) is 11.3. The number of amides is 6. The number of hydrogen-bond donors (Lipinski definition) is 6. The molecule has 0 radical (unpaired) electrons. The van der Waals surface area contributed by atoms with Gasteiger partial charge in [-0.25, -0.2) is 69.4 Å². The minimum atomic E-state index is -5.36. The fourth-order valence-corrected chi connectivity index (χ4v) is 8.42. The molecule has 1 aromatic rings. The summed E-state index contributed by atoms with van der Waals surface area (Å²) in [7, 11) is -10.6. The predicted molar refractivity (Wildman–Crippen MR) is 261 cm³/mol. The molecule has 1 rings (SSSR count). The molecule has 0 aromatic heterocycles. The molecule has 0 bridgehead atoms. The Morgan fingerprint density at radius 3 is 0.959 bits per heavy atom. The van der Waals surface area contributed by atoms with Gasteiger partial charge in [-0.05, 0) is 32.9 Å². The lowest BCUT2D eigenvalue weighted by Gasteiger charge is -2.31. The SMILES string of the molecule is C=CC(=O)OCCC(C)(CCOC(=O)C=C)NC(=O)Nc1cc(Cl)c(S(=O)(=O)NC(=O)NC(C)(CCOC(=O)C=C)CCOC(=O)C=C)cc1S(=O)(=O)NC(=O)NC(C)(CCOC(=O)C=C)CCOC(=O)C=C. The van der Waals surface area contributed by atoms with Crippen molar-refractivity contribution in [3.8, 4) is 0 Å². The van der Waals surface area contributed by atoms with Crippen LogP contribution >= 0.6 is 11.6 Å². The van der Waals surface area contributed by atoms with Gasteiger partial charge in [0, 0.05) is 91.6 Å². The van der Waals surface area contributed by atoms with Gasteiger partial charge in [-0.15, -0.1) is 0 Å². The molecule has 0 spiro atoms. The van der Waals surface area contributed by atoms with Gasteiger partial charge in [0.1, 0.15) is 9.79 Å². The highest BCUT2D eigenvalue weighted by Gasteiger charge is 2.35. The lowest BCUT2D eigenvalue weighted by atomic mass is 9.94. The van der Waals surface area contributed by atoms with Gasteiger partial charge in [-0.3, -0.25) is 0 Å². The van der Waals surface area contributed by atoms with E-state index in [0.29, 0.717) is 12.1 Å². The van der Waals surface area contributed by atoms with Crippen molar-refractivity contribution in [3.05, 3.63) is 93.1 Å². The number of benzene rings is 1. The molecule has 0 unspecified atom stereocenters. The Labute approximate surface area is 427 Å².